The average Bonchev–Trinajstić information content (AvgIpc) is 0.768. The van der Waals surface area contributed by atoms with Gasteiger partial charge < -0.3 is 15.2 Å². The van der Waals surface area contributed by atoms with Gasteiger partial charge in [-0.1, -0.05) is 53.0 Å². The molecule has 0 radical (unpaired) electrons. The van der Waals surface area contributed by atoms with Crippen LogP contribution in [0.4, 0.5) is 74.0 Å². The van der Waals surface area contributed by atoms with Crippen molar-refractivity contribution in [3.63, 3.8) is 0 Å². The first-order valence-electron chi connectivity index (χ1n) is 30.2. The Labute approximate surface area is 653 Å². The third kappa shape index (κ3) is 25.0. The molecule has 5 N–H and O–H groups in total. The number of hydrogen-bond donors (Lipinski definition) is 4. The predicted octanol–water partition coefficient (Wildman–Crippen LogP) is 12.0. The van der Waals surface area contributed by atoms with Crippen LogP contribution in [0.15, 0.2) is 161 Å². The van der Waals surface area contributed by atoms with Crippen molar-refractivity contribution in [1.82, 2.24) is 29.9 Å². The van der Waals surface area contributed by atoms with E-state index in [2.05, 4.69) is 54.8 Å². The largest absolute Gasteiger partial charge is 0.416 e. The predicted molar refractivity (Wildman–Crippen MR) is 395 cm³/mol. The molecule has 0 atom stereocenters. The van der Waals surface area contributed by atoms with Gasteiger partial charge in [-0.25, -0.2) is 89.0 Å². The molecule has 0 aliphatic carbocycles. The van der Waals surface area contributed by atoms with E-state index in [0.29, 0.717) is 26.8 Å². The minimum atomic E-state index is -4.82. The molecule has 9 aromatic rings. The van der Waals surface area contributed by atoms with Gasteiger partial charge >= 0.3 is 18.5 Å². The summed E-state index contributed by atoms with van der Waals surface area (Å²) in [5, 5.41) is -0.160. The molecule has 0 saturated carbocycles. The molecule has 6 heterocycles. The number of nitrogen functional groups attached to an aromatic ring is 1. The van der Waals surface area contributed by atoms with E-state index < -0.39 is 157 Å². The van der Waals surface area contributed by atoms with Crippen LogP contribution in [0.1, 0.15) is 81.5 Å². The maximum atomic E-state index is 13.6. The Morgan fingerprint density at radius 2 is 0.750 bits per heavy atom. The Balaban J connectivity index is 0.000000254. The van der Waals surface area contributed by atoms with Crippen LogP contribution in [0.5, 0.6) is 0 Å². The van der Waals surface area contributed by atoms with Gasteiger partial charge in [0.15, 0.2) is 0 Å². The molecule has 48 heteroatoms. The number of benzene rings is 3. The summed E-state index contributed by atoms with van der Waals surface area (Å²) in [5.41, 5.74) is -0.728. The van der Waals surface area contributed by atoms with E-state index in [-0.39, 0.29) is 83.0 Å². The molecule has 112 heavy (non-hydrogen) atoms. The fraction of sp³-hybridized carbons (Fsp3) is 0.203. The first-order valence-corrected chi connectivity index (χ1v) is 42.2. The Hall–Kier alpha value is -9.48. The van der Waals surface area contributed by atoms with Crippen LogP contribution >= 0.6 is 45.5 Å². The van der Waals surface area contributed by atoms with E-state index >= 15 is 0 Å². The number of methoxy groups -OCH3 is 2. The van der Waals surface area contributed by atoms with Gasteiger partial charge in [0.2, 0.25) is 46.4 Å². The minimum Gasteiger partial charge on any atom is -0.384 e. The number of nitrogens with zero attached hydrogens (tertiary/aromatic N) is 8. The fourth-order valence-corrected chi connectivity index (χ4v) is 14.7. The maximum absolute atomic E-state index is 13.6. The summed E-state index contributed by atoms with van der Waals surface area (Å²) in [6.45, 7) is 2.23. The molecule has 3 aromatic carbocycles. The monoisotopic (exact) mass is 1770 g/mol. The lowest BCUT2D eigenvalue weighted by Crippen LogP contribution is -2.34. The number of carbonyl (C=O) groups excluding carboxylic acids is 3. The number of aryl methyl sites for hydroxylation is 3. The second-order valence-corrected chi connectivity index (χ2v) is 36.2. The van der Waals surface area contributed by atoms with Gasteiger partial charge in [0.1, 0.15) is 48.0 Å². The van der Waals surface area contributed by atoms with Crippen LogP contribution in [0.25, 0.3) is 0 Å². The van der Waals surface area contributed by atoms with Crippen molar-refractivity contribution >= 4 is 157 Å². The van der Waals surface area contributed by atoms with Gasteiger partial charge in [-0.05, 0) is 128 Å². The average molecular weight is 1770 g/mol. The maximum Gasteiger partial charge on any atom is 0.416 e. The molecular weight excluding hydrogens is 1710 g/mol. The van der Waals surface area contributed by atoms with Crippen molar-refractivity contribution in [2.45, 2.75) is 54.0 Å². The van der Waals surface area contributed by atoms with E-state index in [9.17, 15) is 104 Å². The molecule has 0 spiro atoms. The van der Waals surface area contributed by atoms with E-state index in [4.69, 9.17) is 50.0 Å². The van der Waals surface area contributed by atoms with Crippen LogP contribution in [-0.2, 0) is 87.2 Å². The Morgan fingerprint density at radius 3 is 1.09 bits per heavy atom. The summed E-state index contributed by atoms with van der Waals surface area (Å²) >= 11 is 18.0. The minimum absolute atomic E-state index is 0.0167. The quantitative estimate of drug-likeness (QED) is 0.0200. The summed E-state index contributed by atoms with van der Waals surface area (Å²) in [7, 11) is -17.8. The fourth-order valence-electron chi connectivity index (χ4n) is 9.36. The highest BCUT2D eigenvalue weighted by Crippen LogP contribution is 2.40. The van der Waals surface area contributed by atoms with Crippen molar-refractivity contribution in [1.29, 1.82) is 0 Å². The van der Waals surface area contributed by atoms with Crippen LogP contribution in [0.3, 0.4) is 0 Å². The van der Waals surface area contributed by atoms with Gasteiger partial charge in [0.05, 0.1) is 82.3 Å². The zero-order valence-electron chi connectivity index (χ0n) is 58.2. The number of nitrogens with two attached hydrogens (primary N) is 1. The van der Waals surface area contributed by atoms with Crippen LogP contribution in [-0.4, -0.2) is 144 Å². The van der Waals surface area contributed by atoms with Gasteiger partial charge in [0.25, 0.3) is 30.1 Å². The van der Waals surface area contributed by atoms with Gasteiger partial charge in [0, 0.05) is 78.8 Å². The molecule has 9 rings (SSSR count). The molecule has 0 fully saturated rings. The zero-order chi connectivity index (χ0) is 84.4. The summed E-state index contributed by atoms with van der Waals surface area (Å²) in [6.07, 6.45) is -4.85. The summed E-state index contributed by atoms with van der Waals surface area (Å²) in [5.74, 6) is -2.72. The molecule has 29 nitrogen and oxygen atoms in total. The SMILES string of the molecule is COCN(c1cc(Cl)cnc1C(=O)c1ccnc(N)c1)S(=O)(=O)c1ccc(C)c(C(F)(F)F)c1.COCN(c1cc(Cl)cnc1C(=O)c1ccnc(NS(C)(=O)=O)c1)S(=O)(=O)c1ccc(C)c(C(F)(F)F)c1.CS(=O)(=O)Cl.Cc1ccc(S(=O)(=O)Nc2cc(Cl)cnc2C(=O)c2ccnc(NS(C)(=O)=O)c2)cc1C(F)(F)F. The lowest BCUT2D eigenvalue weighted by molar-refractivity contribution is -0.139. The summed E-state index contributed by atoms with van der Waals surface area (Å²) in [6, 6.07) is 18.2. The third-order valence-electron chi connectivity index (χ3n) is 14.1. The number of sulfonamides is 5. The number of rotatable bonds is 23. The number of anilines is 6. The second-order valence-electron chi connectivity index (χ2n) is 22.9. The normalized spacial score (nSPS) is 12.2. The number of carbonyl (C=O) groups is 3. The molecule has 0 unspecified atom stereocenters. The third-order valence-corrected chi connectivity index (χ3v) is 20.7. The van der Waals surface area contributed by atoms with Gasteiger partial charge in [-0.2, -0.15) is 39.5 Å². The molecule has 6 aromatic heterocycles. The van der Waals surface area contributed by atoms with Crippen LogP contribution < -0.4 is 28.5 Å². The van der Waals surface area contributed by atoms with E-state index in [1.165, 1.54) is 58.3 Å². The molecular formula is C64H57Cl4F9N12O17S6. The van der Waals surface area contributed by atoms with E-state index in [0.717, 1.165) is 124 Å². The zero-order valence-corrected chi connectivity index (χ0v) is 66.2. The van der Waals surface area contributed by atoms with Crippen molar-refractivity contribution in [2.75, 3.05) is 75.0 Å². The topological polar surface area (TPSA) is 420 Å². The summed E-state index contributed by atoms with van der Waals surface area (Å²) < 4.78 is 282. The van der Waals surface area contributed by atoms with Crippen LogP contribution in [0, 0.1) is 20.8 Å². The molecule has 0 bridgehead atoms. The number of nitrogens with one attached hydrogen (secondary N) is 3. The second kappa shape index (κ2) is 36.1. The molecule has 0 amide bonds. The number of ether oxygens (including phenoxy) is 2. The van der Waals surface area contributed by atoms with Crippen molar-refractivity contribution in [3.05, 3.63) is 229 Å². The number of hydrogen-bond acceptors (Lipinski definition) is 24. The molecule has 602 valence electrons. The van der Waals surface area contributed by atoms with E-state index in [1.807, 2.05) is 0 Å². The number of halogens is 13. The molecule has 0 aliphatic heterocycles. The number of pyridine rings is 6. The first-order chi connectivity index (χ1) is 51.5. The molecule has 0 aliphatic rings. The van der Waals surface area contributed by atoms with Gasteiger partial charge in [-0.3, -0.25) is 28.5 Å². The number of aromatic nitrogens is 6. The first kappa shape index (κ1) is 91.4. The Morgan fingerprint density at radius 1 is 0.438 bits per heavy atom. The van der Waals surface area contributed by atoms with Crippen molar-refractivity contribution < 1.29 is 114 Å². The van der Waals surface area contributed by atoms with Crippen molar-refractivity contribution in [2.24, 2.45) is 0 Å². The highest BCUT2D eigenvalue weighted by Gasteiger charge is 2.39. The molecule has 0 saturated heterocycles. The van der Waals surface area contributed by atoms with Gasteiger partial charge in [-0.15, -0.1) is 0 Å². The number of alkyl halides is 9. The van der Waals surface area contributed by atoms with Crippen molar-refractivity contribution in [3.8, 4) is 0 Å². The highest BCUT2D eigenvalue weighted by atomic mass is 35.7. The summed E-state index contributed by atoms with van der Waals surface area (Å²) in [4.78, 5) is 60.7. The Bertz CT molecular complexity index is 5820. The van der Waals surface area contributed by atoms with Crippen LogP contribution in [0.2, 0.25) is 15.1 Å². The lowest BCUT2D eigenvalue weighted by atomic mass is 10.1. The van der Waals surface area contributed by atoms with E-state index in [1.54, 1.807) is 0 Å². The Kier molecular flexibility index (Phi) is 29.5. The number of ketones is 3. The standard InChI is InChI=1S/C22H20ClF3N4O6S2.C21H18ClF3N4O4S.C20H16ClF3N4O5S2.CH3ClO2S/c1-13-4-5-16(10-17(13)22(24,25)26)38(34,35)30(12-36-2)18-9-15(23)11-28-20(18)21(31)14-6-7-27-19(8-14)29-37(3,32)33;1-12-3-4-15(9-16(12)21(23,24)25)34(31,32)29(11-33-2)17-8-14(22)10-28-19(17)20(30)13-5-6-27-18(26)7-13;1-11-3-4-14(9-15(11)20(22,23)24)35(32,33)27-16-8-13(21)10-26-18(16)19(29)12-5-6-25-17(7-12)28-34(2,30)31;1-5(2,3)4/h4-11H,12H2,1-3H3,(H,27,29);3-10H,11H2,1-2H3,(H2,26,27);3-10,27H,1-2H3,(H,25,28);1H3. The highest BCUT2D eigenvalue weighted by molar-refractivity contribution is 8.13. The smallest absolute Gasteiger partial charge is 0.384 e. The lowest BCUT2D eigenvalue weighted by Gasteiger charge is -2.25.